The Balaban J connectivity index is 1.55. The molecule has 1 saturated heterocycles. The number of imidazole rings is 1. The Morgan fingerprint density at radius 2 is 1.81 bits per heavy atom. The van der Waals surface area contributed by atoms with E-state index in [4.69, 9.17) is 4.98 Å². The number of rotatable bonds is 3. The molecule has 4 rings (SSSR count). The van der Waals surface area contributed by atoms with Crippen LogP contribution in [0.5, 0.6) is 0 Å². The molecule has 1 aliphatic heterocycles. The fourth-order valence-electron chi connectivity index (χ4n) is 3.73. The molecule has 3 heterocycles. The zero-order valence-corrected chi connectivity index (χ0v) is 14.9. The molecular formula is C19H20F3N5. The van der Waals surface area contributed by atoms with Crippen molar-refractivity contribution in [3.8, 4) is 0 Å². The van der Waals surface area contributed by atoms with Crippen LogP contribution in [0.4, 0.5) is 19.1 Å². The summed E-state index contributed by atoms with van der Waals surface area (Å²) in [7, 11) is 0. The molecule has 0 radical (unpaired) electrons. The van der Waals surface area contributed by atoms with Gasteiger partial charge in [-0.15, -0.1) is 0 Å². The minimum absolute atomic E-state index is 0.148. The summed E-state index contributed by atoms with van der Waals surface area (Å²) < 4.78 is 41.0. The van der Waals surface area contributed by atoms with Gasteiger partial charge in [-0.3, -0.25) is 0 Å². The topological polar surface area (TPSA) is 46.8 Å². The van der Waals surface area contributed by atoms with Crippen LogP contribution in [-0.4, -0.2) is 32.6 Å². The minimum Gasteiger partial charge on any atom is -0.341 e. The average molecular weight is 375 g/mol. The van der Waals surface area contributed by atoms with Crippen LogP contribution < -0.4 is 4.90 Å². The molecule has 3 aromatic rings. The van der Waals surface area contributed by atoms with Gasteiger partial charge in [0.1, 0.15) is 11.5 Å². The number of fused-ring (bicyclic) bond motifs is 1. The fraction of sp³-hybridized carbons (Fsp3) is 0.421. The summed E-state index contributed by atoms with van der Waals surface area (Å²) in [5.41, 5.74) is 1.20. The van der Waals surface area contributed by atoms with Crippen molar-refractivity contribution in [3.05, 3.63) is 48.0 Å². The van der Waals surface area contributed by atoms with Gasteiger partial charge in [0.15, 0.2) is 0 Å². The Kier molecular flexibility index (Phi) is 4.49. The molecule has 2 aromatic heterocycles. The van der Waals surface area contributed by atoms with E-state index < -0.39 is 11.9 Å². The van der Waals surface area contributed by atoms with Crippen molar-refractivity contribution in [3.63, 3.8) is 0 Å². The monoisotopic (exact) mass is 375 g/mol. The molecule has 0 saturated carbocycles. The first kappa shape index (κ1) is 17.8. The van der Waals surface area contributed by atoms with Gasteiger partial charge in [0.05, 0.1) is 11.0 Å². The van der Waals surface area contributed by atoms with Crippen molar-refractivity contribution < 1.29 is 13.2 Å². The van der Waals surface area contributed by atoms with Crippen molar-refractivity contribution >= 4 is 17.0 Å². The SMILES string of the molecule is CCc1nc2ccccc2n1C1CCN(c2nccc(C(F)(F)F)n2)CC1. The summed E-state index contributed by atoms with van der Waals surface area (Å²) in [4.78, 5) is 14.3. The van der Waals surface area contributed by atoms with Gasteiger partial charge in [0, 0.05) is 31.7 Å². The van der Waals surface area contributed by atoms with Gasteiger partial charge >= 0.3 is 6.18 Å². The lowest BCUT2D eigenvalue weighted by Crippen LogP contribution is -2.36. The van der Waals surface area contributed by atoms with Crippen LogP contribution in [0.15, 0.2) is 36.5 Å². The maximum atomic E-state index is 12.9. The average Bonchev–Trinajstić information content (AvgIpc) is 3.06. The zero-order chi connectivity index (χ0) is 19.0. The first-order valence-corrected chi connectivity index (χ1v) is 9.08. The second-order valence-corrected chi connectivity index (χ2v) is 6.70. The highest BCUT2D eigenvalue weighted by atomic mass is 19.4. The molecule has 1 fully saturated rings. The molecule has 1 aromatic carbocycles. The molecule has 8 heteroatoms. The van der Waals surface area contributed by atoms with Gasteiger partial charge in [-0.1, -0.05) is 19.1 Å². The summed E-state index contributed by atoms with van der Waals surface area (Å²) in [6, 6.07) is 9.24. The quantitative estimate of drug-likeness (QED) is 0.687. The second-order valence-electron chi connectivity index (χ2n) is 6.70. The maximum absolute atomic E-state index is 12.9. The predicted molar refractivity (Wildman–Crippen MR) is 96.6 cm³/mol. The number of halogens is 3. The molecule has 1 aliphatic rings. The van der Waals surface area contributed by atoms with Gasteiger partial charge in [0.2, 0.25) is 5.95 Å². The van der Waals surface area contributed by atoms with Crippen LogP contribution in [0.1, 0.15) is 37.3 Å². The molecule has 5 nitrogen and oxygen atoms in total. The van der Waals surface area contributed by atoms with Crippen LogP contribution in [0.25, 0.3) is 11.0 Å². The van der Waals surface area contributed by atoms with Crippen LogP contribution in [0.2, 0.25) is 0 Å². The van der Waals surface area contributed by atoms with E-state index in [9.17, 15) is 13.2 Å². The Bertz CT molecular complexity index is 942. The predicted octanol–water partition coefficient (Wildman–Crippen LogP) is 4.25. The largest absolute Gasteiger partial charge is 0.433 e. The number of para-hydroxylation sites is 2. The highest BCUT2D eigenvalue weighted by Gasteiger charge is 2.34. The van der Waals surface area contributed by atoms with Crippen LogP contribution in [0.3, 0.4) is 0 Å². The smallest absolute Gasteiger partial charge is 0.341 e. The van der Waals surface area contributed by atoms with Crippen molar-refractivity contribution in [2.75, 3.05) is 18.0 Å². The molecule has 0 unspecified atom stereocenters. The van der Waals surface area contributed by atoms with Gasteiger partial charge < -0.3 is 9.47 Å². The lowest BCUT2D eigenvalue weighted by Gasteiger charge is -2.33. The second kappa shape index (κ2) is 6.83. The van der Waals surface area contributed by atoms with Gasteiger partial charge in [-0.25, -0.2) is 15.0 Å². The number of anilines is 1. The van der Waals surface area contributed by atoms with E-state index in [0.29, 0.717) is 13.1 Å². The summed E-state index contributed by atoms with van der Waals surface area (Å²) in [5.74, 6) is 1.19. The Morgan fingerprint density at radius 1 is 1.07 bits per heavy atom. The standard InChI is InChI=1S/C19H20F3N5/c1-2-17-24-14-5-3-4-6-15(14)27(17)13-8-11-26(12-9-13)18-23-10-7-16(25-18)19(20,21)22/h3-7,10,13H,2,8-9,11-12H2,1H3. The molecular weight excluding hydrogens is 355 g/mol. The van der Waals surface area contributed by atoms with Crippen LogP contribution in [0, 0.1) is 0 Å². The molecule has 0 N–H and O–H groups in total. The van der Waals surface area contributed by atoms with E-state index in [1.807, 2.05) is 23.1 Å². The highest BCUT2D eigenvalue weighted by Crippen LogP contribution is 2.32. The number of alkyl halides is 3. The number of aryl methyl sites for hydroxylation is 1. The number of piperidine rings is 1. The van der Waals surface area contributed by atoms with Gasteiger partial charge in [-0.05, 0) is 31.0 Å². The molecule has 0 aliphatic carbocycles. The number of hydrogen-bond acceptors (Lipinski definition) is 4. The van der Waals surface area contributed by atoms with Crippen molar-refractivity contribution in [2.45, 2.75) is 38.4 Å². The third kappa shape index (κ3) is 3.36. The molecule has 0 bridgehead atoms. The molecule has 0 amide bonds. The van der Waals surface area contributed by atoms with E-state index in [1.54, 1.807) is 0 Å². The molecule has 27 heavy (non-hydrogen) atoms. The Hall–Kier alpha value is -2.64. The maximum Gasteiger partial charge on any atom is 0.433 e. The third-order valence-corrected chi connectivity index (χ3v) is 5.03. The zero-order valence-electron chi connectivity index (χ0n) is 14.9. The Morgan fingerprint density at radius 3 is 2.52 bits per heavy atom. The first-order valence-electron chi connectivity index (χ1n) is 9.08. The Labute approximate surface area is 154 Å². The van der Waals surface area contributed by atoms with Crippen LogP contribution >= 0.6 is 0 Å². The minimum atomic E-state index is -4.46. The van der Waals surface area contributed by atoms with Crippen molar-refractivity contribution in [1.29, 1.82) is 0 Å². The van der Waals surface area contributed by atoms with Crippen LogP contribution in [-0.2, 0) is 12.6 Å². The molecule has 0 spiro atoms. The van der Waals surface area contributed by atoms with Crippen molar-refractivity contribution in [1.82, 2.24) is 19.5 Å². The molecule has 0 atom stereocenters. The number of hydrogen-bond donors (Lipinski definition) is 0. The fourth-order valence-corrected chi connectivity index (χ4v) is 3.73. The van der Waals surface area contributed by atoms with E-state index in [0.717, 1.165) is 42.2 Å². The highest BCUT2D eigenvalue weighted by molar-refractivity contribution is 5.76. The van der Waals surface area contributed by atoms with E-state index in [2.05, 4.69) is 27.5 Å². The van der Waals surface area contributed by atoms with E-state index in [-0.39, 0.29) is 12.0 Å². The summed E-state index contributed by atoms with van der Waals surface area (Å²) >= 11 is 0. The number of nitrogens with zero attached hydrogens (tertiary/aromatic N) is 5. The van der Waals surface area contributed by atoms with Gasteiger partial charge in [-0.2, -0.15) is 13.2 Å². The van der Waals surface area contributed by atoms with E-state index in [1.165, 1.54) is 6.20 Å². The normalized spacial score (nSPS) is 16.2. The first-order chi connectivity index (χ1) is 13.0. The van der Waals surface area contributed by atoms with Gasteiger partial charge in [0.25, 0.3) is 0 Å². The van der Waals surface area contributed by atoms with Crippen molar-refractivity contribution in [2.24, 2.45) is 0 Å². The summed E-state index contributed by atoms with van der Waals surface area (Å²) in [5, 5.41) is 0. The van der Waals surface area contributed by atoms with E-state index >= 15 is 0 Å². The summed E-state index contributed by atoms with van der Waals surface area (Å²) in [6.45, 7) is 3.31. The number of benzene rings is 1. The summed E-state index contributed by atoms with van der Waals surface area (Å²) in [6.07, 6.45) is -0.816. The lowest BCUT2D eigenvalue weighted by molar-refractivity contribution is -0.141. The molecule has 142 valence electrons. The number of aromatic nitrogens is 4. The third-order valence-electron chi connectivity index (χ3n) is 5.03. The lowest BCUT2D eigenvalue weighted by atomic mass is 10.0.